The molecule has 5 atom stereocenters. The molecule has 0 unspecified atom stereocenters. The minimum absolute atomic E-state index is 0.0262. The fraction of sp³-hybridized carbons (Fsp3) is 0.882. The van der Waals surface area contributed by atoms with Crippen LogP contribution in [0.4, 0.5) is 9.18 Å². The van der Waals surface area contributed by atoms with Crippen LogP contribution in [0.5, 0.6) is 0 Å². The second-order valence-corrected chi connectivity index (χ2v) is 9.56. The highest BCUT2D eigenvalue weighted by Crippen LogP contribution is 2.57. The first-order chi connectivity index (χ1) is 11.4. The highest BCUT2D eigenvalue weighted by atomic mass is 35.5. The Morgan fingerprint density at radius 2 is 1.92 bits per heavy atom. The molecule has 144 valence electrons. The topological polar surface area (TPSA) is 55.8 Å². The van der Waals surface area contributed by atoms with E-state index in [0.717, 1.165) is 4.90 Å². The molecule has 0 aromatic rings. The number of hydrogen-bond donors (Lipinski definition) is 0. The third-order valence-corrected chi connectivity index (χ3v) is 5.56. The number of alkyl halides is 3. The summed E-state index contributed by atoms with van der Waals surface area (Å²) in [6.07, 6.45) is -2.37. The molecule has 1 aliphatic heterocycles. The van der Waals surface area contributed by atoms with Gasteiger partial charge in [-0.05, 0) is 39.0 Å². The van der Waals surface area contributed by atoms with E-state index < -0.39 is 34.3 Å². The third kappa shape index (κ3) is 4.77. The Kier molecular flexibility index (Phi) is 5.97. The molecule has 0 bridgehead atoms. The van der Waals surface area contributed by atoms with Crippen molar-refractivity contribution in [2.24, 2.45) is 11.8 Å². The molecule has 0 aromatic heterocycles. The lowest BCUT2D eigenvalue weighted by Crippen LogP contribution is -2.48. The molecule has 0 spiro atoms. The maximum absolute atomic E-state index is 14.3. The molecule has 1 saturated heterocycles. The normalized spacial score (nSPS) is 32.4. The van der Waals surface area contributed by atoms with Crippen molar-refractivity contribution in [3.05, 3.63) is 0 Å². The Hall–Kier alpha value is -0.590. The number of carbonyl (C=O) groups excluding carboxylic acids is 2. The predicted octanol–water partition coefficient (Wildman–Crippen LogP) is 3.75. The maximum Gasteiger partial charge on any atom is 0.411 e. The van der Waals surface area contributed by atoms with Crippen LogP contribution >= 0.6 is 23.2 Å². The number of ketones is 1. The molecule has 0 radical (unpaired) electrons. The van der Waals surface area contributed by atoms with Gasteiger partial charge in [0.1, 0.15) is 28.3 Å². The summed E-state index contributed by atoms with van der Waals surface area (Å²) in [5.74, 6) is -0.293. The fourth-order valence-electron chi connectivity index (χ4n) is 3.35. The highest BCUT2D eigenvalue weighted by Gasteiger charge is 2.56. The molecule has 1 aliphatic carbocycles. The Balaban J connectivity index is 2.11. The summed E-state index contributed by atoms with van der Waals surface area (Å²) < 4.78 is 24.0. The average molecular weight is 398 g/mol. The minimum Gasteiger partial charge on any atom is -0.444 e. The smallest absolute Gasteiger partial charge is 0.411 e. The number of likely N-dealkylation sites (tertiary alicyclic amines) is 1. The second-order valence-electron chi connectivity index (χ2n) is 8.01. The van der Waals surface area contributed by atoms with Crippen molar-refractivity contribution in [1.82, 2.24) is 4.90 Å². The molecule has 1 saturated carbocycles. The van der Waals surface area contributed by atoms with Crippen LogP contribution in [0, 0.1) is 11.8 Å². The third-order valence-electron chi connectivity index (χ3n) is 4.69. The summed E-state index contributed by atoms with van der Waals surface area (Å²) in [4.78, 5) is 26.4. The van der Waals surface area contributed by atoms with E-state index in [-0.39, 0.29) is 30.6 Å². The molecule has 2 aliphatic rings. The van der Waals surface area contributed by atoms with Crippen LogP contribution in [-0.4, -0.2) is 58.7 Å². The number of ether oxygens (including phenoxy) is 2. The lowest BCUT2D eigenvalue weighted by molar-refractivity contribution is -0.128. The second kappa shape index (κ2) is 7.20. The van der Waals surface area contributed by atoms with Gasteiger partial charge in [-0.15, -0.1) is 23.2 Å². The van der Waals surface area contributed by atoms with Crippen molar-refractivity contribution in [1.29, 1.82) is 0 Å². The summed E-state index contributed by atoms with van der Waals surface area (Å²) in [6, 6.07) is -1.00. The lowest BCUT2D eigenvalue weighted by Gasteiger charge is -2.29. The number of halogens is 3. The van der Waals surface area contributed by atoms with Gasteiger partial charge in [0.05, 0.1) is 6.54 Å². The summed E-state index contributed by atoms with van der Waals surface area (Å²) >= 11 is 12.1. The lowest BCUT2D eigenvalue weighted by atomic mass is 9.94. The quantitative estimate of drug-likeness (QED) is 0.662. The van der Waals surface area contributed by atoms with Crippen LogP contribution in [0.25, 0.3) is 0 Å². The molecule has 1 amide bonds. The Morgan fingerprint density at radius 1 is 1.36 bits per heavy atom. The van der Waals surface area contributed by atoms with Crippen molar-refractivity contribution < 1.29 is 23.5 Å². The maximum atomic E-state index is 14.3. The molecule has 0 N–H and O–H groups in total. The molecular formula is C17H26Cl2FNO4. The first-order valence-electron chi connectivity index (χ1n) is 8.44. The van der Waals surface area contributed by atoms with E-state index in [9.17, 15) is 14.0 Å². The Bertz CT molecular complexity index is 537. The molecule has 0 aromatic carbocycles. The summed E-state index contributed by atoms with van der Waals surface area (Å²) in [5.41, 5.74) is -0.736. The zero-order chi connectivity index (χ0) is 19.2. The van der Waals surface area contributed by atoms with Gasteiger partial charge in [-0.25, -0.2) is 9.18 Å². The van der Waals surface area contributed by atoms with E-state index in [4.69, 9.17) is 32.7 Å². The van der Waals surface area contributed by atoms with Gasteiger partial charge in [0.25, 0.3) is 0 Å². The van der Waals surface area contributed by atoms with E-state index in [1.54, 1.807) is 20.8 Å². The minimum atomic E-state index is -1.44. The van der Waals surface area contributed by atoms with Crippen LogP contribution in [0.1, 0.15) is 40.5 Å². The zero-order valence-corrected chi connectivity index (χ0v) is 16.7. The van der Waals surface area contributed by atoms with E-state index >= 15 is 0 Å². The molecule has 8 heteroatoms. The molecule has 1 heterocycles. The summed E-state index contributed by atoms with van der Waals surface area (Å²) in [7, 11) is 1.34. The number of rotatable bonds is 5. The largest absolute Gasteiger partial charge is 0.444 e. The van der Waals surface area contributed by atoms with Crippen molar-refractivity contribution in [3.8, 4) is 0 Å². The van der Waals surface area contributed by atoms with Crippen LogP contribution < -0.4 is 0 Å². The molecule has 5 nitrogen and oxygen atoms in total. The highest BCUT2D eigenvalue weighted by molar-refractivity contribution is 6.50. The number of hydrogen-bond acceptors (Lipinski definition) is 4. The van der Waals surface area contributed by atoms with Crippen LogP contribution in [0.3, 0.4) is 0 Å². The van der Waals surface area contributed by atoms with Crippen LogP contribution in [0.2, 0.25) is 0 Å². The van der Waals surface area contributed by atoms with Crippen molar-refractivity contribution in [3.63, 3.8) is 0 Å². The van der Waals surface area contributed by atoms with Gasteiger partial charge >= 0.3 is 6.09 Å². The van der Waals surface area contributed by atoms with Gasteiger partial charge in [0.2, 0.25) is 0 Å². The SMILES string of the molecule is CO[C@H]1[C@@H](C(=O)C[C@H](C)[C@H]2CC2(Cl)Cl)N(C(=O)OC(C)(C)C)C[C@@H]1F. The van der Waals surface area contributed by atoms with E-state index in [1.807, 2.05) is 6.92 Å². The first kappa shape index (κ1) is 20.7. The zero-order valence-electron chi connectivity index (χ0n) is 15.2. The first-order valence-corrected chi connectivity index (χ1v) is 9.20. The van der Waals surface area contributed by atoms with Gasteiger partial charge in [-0.1, -0.05) is 6.92 Å². The number of amides is 1. The fourth-order valence-corrected chi connectivity index (χ4v) is 4.12. The van der Waals surface area contributed by atoms with Crippen LogP contribution in [0.15, 0.2) is 0 Å². The molecular weight excluding hydrogens is 372 g/mol. The Morgan fingerprint density at radius 3 is 2.36 bits per heavy atom. The molecule has 25 heavy (non-hydrogen) atoms. The van der Waals surface area contributed by atoms with E-state index in [0.29, 0.717) is 6.42 Å². The Labute approximate surface area is 158 Å². The van der Waals surface area contributed by atoms with Crippen molar-refractivity contribution in [2.45, 2.75) is 68.8 Å². The van der Waals surface area contributed by atoms with Gasteiger partial charge < -0.3 is 9.47 Å². The number of nitrogens with zero attached hydrogens (tertiary/aromatic N) is 1. The summed E-state index contributed by atoms with van der Waals surface area (Å²) in [5, 5.41) is 0. The monoisotopic (exact) mass is 397 g/mol. The number of methoxy groups -OCH3 is 1. The van der Waals surface area contributed by atoms with Gasteiger partial charge in [-0.3, -0.25) is 9.69 Å². The predicted molar refractivity (Wildman–Crippen MR) is 93.8 cm³/mol. The van der Waals surface area contributed by atoms with Gasteiger partial charge in [0.15, 0.2) is 5.78 Å². The standard InChI is InChI=1S/C17H26Cl2FNO4/c1-9(10-7-17(10,18)19)6-12(22)13-14(24-5)11(20)8-21(13)15(23)25-16(2,3)4/h9-11,13-14H,6-8H2,1-5H3/t9-,10+,11-,13+,14+/m0/s1. The van der Waals surface area contributed by atoms with Crippen molar-refractivity contribution in [2.75, 3.05) is 13.7 Å². The van der Waals surface area contributed by atoms with Crippen molar-refractivity contribution >= 4 is 35.1 Å². The molecule has 2 fully saturated rings. The molecule has 2 rings (SSSR count). The van der Waals surface area contributed by atoms with Gasteiger partial charge in [-0.2, -0.15) is 0 Å². The summed E-state index contributed by atoms with van der Waals surface area (Å²) in [6.45, 7) is 6.81. The number of Topliss-reactive ketones (excluding diaryl/α,β-unsaturated/α-hetero) is 1. The average Bonchev–Trinajstić information content (AvgIpc) is 2.95. The van der Waals surface area contributed by atoms with Gasteiger partial charge in [0, 0.05) is 13.5 Å². The van der Waals surface area contributed by atoms with E-state index in [1.165, 1.54) is 7.11 Å². The number of carbonyl (C=O) groups is 2. The van der Waals surface area contributed by atoms with E-state index in [2.05, 4.69) is 0 Å². The van der Waals surface area contributed by atoms with Crippen LogP contribution in [-0.2, 0) is 14.3 Å².